The van der Waals surface area contributed by atoms with Crippen molar-refractivity contribution >= 4 is 24.3 Å². The van der Waals surface area contributed by atoms with Gasteiger partial charge in [-0.1, -0.05) is 33.1 Å². The summed E-state index contributed by atoms with van der Waals surface area (Å²) in [6, 6.07) is 0.248. The fourth-order valence-electron chi connectivity index (χ4n) is 1.39. The number of halogens is 1. The summed E-state index contributed by atoms with van der Waals surface area (Å²) >= 11 is 0. The van der Waals surface area contributed by atoms with E-state index in [2.05, 4.69) is 23.8 Å². The Kier molecular flexibility index (Phi) is 11.5. The van der Waals surface area contributed by atoms with E-state index in [-0.39, 0.29) is 30.4 Å². The third-order valence-corrected chi connectivity index (χ3v) is 2.07. The lowest BCUT2D eigenvalue weighted by Crippen LogP contribution is -2.27. The maximum Gasteiger partial charge on any atom is 0.218 e. The van der Waals surface area contributed by atoms with Crippen LogP contribution in [0.1, 0.15) is 46.0 Å². The number of unbranched alkanes of at least 4 members (excludes halogenated alkanes) is 1. The molecule has 6 heteroatoms. The Bertz CT molecular complexity index is 223. The first kappa shape index (κ1) is 17.4. The summed E-state index contributed by atoms with van der Waals surface area (Å²) in [6.45, 7) is 4.29. The number of nitrogens with two attached hydrogens (primary N) is 3. The molecule has 0 aromatic carbocycles. The zero-order valence-electron chi connectivity index (χ0n) is 10.1. The van der Waals surface area contributed by atoms with Crippen molar-refractivity contribution in [1.29, 1.82) is 0 Å². The fraction of sp³-hybridized carbons (Fsp3) is 0.800. The highest BCUT2D eigenvalue weighted by Crippen LogP contribution is 2.10. The Morgan fingerprint density at radius 2 is 1.69 bits per heavy atom. The molecule has 96 valence electrons. The molecular formula is C10H24ClN5. The van der Waals surface area contributed by atoms with Crippen molar-refractivity contribution in [3.63, 3.8) is 0 Å². The number of guanidine groups is 2. The van der Waals surface area contributed by atoms with Gasteiger partial charge in [0.05, 0.1) is 6.04 Å². The summed E-state index contributed by atoms with van der Waals surface area (Å²) in [5.74, 6) is 0.145. The lowest BCUT2D eigenvalue weighted by Gasteiger charge is -2.10. The van der Waals surface area contributed by atoms with Crippen molar-refractivity contribution in [3.8, 4) is 0 Å². The summed E-state index contributed by atoms with van der Waals surface area (Å²) < 4.78 is 0. The largest absolute Gasteiger partial charge is 0.370 e. The van der Waals surface area contributed by atoms with Gasteiger partial charge in [-0.15, -0.1) is 12.4 Å². The van der Waals surface area contributed by atoms with E-state index < -0.39 is 0 Å². The average Bonchev–Trinajstić information content (AvgIpc) is 2.13. The normalized spacial score (nSPS) is 12.8. The lowest BCUT2D eigenvalue weighted by molar-refractivity contribution is 0.536. The van der Waals surface area contributed by atoms with Crippen molar-refractivity contribution in [1.82, 2.24) is 0 Å². The van der Waals surface area contributed by atoms with E-state index in [1.165, 1.54) is 0 Å². The summed E-state index contributed by atoms with van der Waals surface area (Å²) in [6.07, 6.45) is 5.49. The minimum Gasteiger partial charge on any atom is -0.370 e. The maximum atomic E-state index is 5.58. The number of aliphatic imine (C=N–C) groups is 2. The van der Waals surface area contributed by atoms with Crippen LogP contribution in [0.25, 0.3) is 0 Å². The Morgan fingerprint density at radius 1 is 1.06 bits per heavy atom. The van der Waals surface area contributed by atoms with Crippen molar-refractivity contribution < 1.29 is 0 Å². The van der Waals surface area contributed by atoms with Crippen LogP contribution in [-0.4, -0.2) is 18.0 Å². The third-order valence-electron chi connectivity index (χ3n) is 2.07. The predicted octanol–water partition coefficient (Wildman–Crippen LogP) is 1.36. The quantitative estimate of drug-likeness (QED) is 0.489. The summed E-state index contributed by atoms with van der Waals surface area (Å²) in [7, 11) is 0. The van der Waals surface area contributed by atoms with Gasteiger partial charge in [0, 0.05) is 0 Å². The van der Waals surface area contributed by atoms with Crippen LogP contribution in [0.3, 0.4) is 0 Å². The number of hydrogen-bond acceptors (Lipinski definition) is 1. The van der Waals surface area contributed by atoms with E-state index in [1.807, 2.05) is 0 Å². The minimum absolute atomic E-state index is 0. The molecule has 0 saturated carbocycles. The van der Waals surface area contributed by atoms with Gasteiger partial charge in [0.15, 0.2) is 5.96 Å². The lowest BCUT2D eigenvalue weighted by atomic mass is 10.1. The SMILES string of the molecule is CCCCC(CCC)N=C(N)N=C(N)N.Cl. The molecule has 6 N–H and O–H groups in total. The van der Waals surface area contributed by atoms with Crippen LogP contribution in [0, 0.1) is 0 Å². The molecule has 16 heavy (non-hydrogen) atoms. The molecule has 0 amide bonds. The van der Waals surface area contributed by atoms with Gasteiger partial charge < -0.3 is 17.2 Å². The van der Waals surface area contributed by atoms with Gasteiger partial charge in [0.25, 0.3) is 0 Å². The van der Waals surface area contributed by atoms with E-state index in [4.69, 9.17) is 17.2 Å². The standard InChI is InChI=1S/C10H23N5.ClH/c1-3-5-7-8(6-4-2)14-10(13)15-9(11)12;/h8H,3-7H2,1-2H3,(H6,11,12,13,14,15);1H. The molecule has 0 aliphatic carbocycles. The molecule has 0 rings (SSSR count). The zero-order valence-corrected chi connectivity index (χ0v) is 11.0. The van der Waals surface area contributed by atoms with E-state index in [9.17, 15) is 0 Å². The van der Waals surface area contributed by atoms with Crippen molar-refractivity contribution in [2.24, 2.45) is 27.2 Å². The van der Waals surface area contributed by atoms with Crippen LogP contribution < -0.4 is 17.2 Å². The van der Waals surface area contributed by atoms with E-state index in [0.29, 0.717) is 0 Å². The highest BCUT2D eigenvalue weighted by atomic mass is 35.5. The molecule has 0 spiro atoms. The van der Waals surface area contributed by atoms with Gasteiger partial charge in [-0.2, -0.15) is 4.99 Å². The molecule has 0 saturated heterocycles. The molecule has 0 aliphatic rings. The van der Waals surface area contributed by atoms with Crippen LogP contribution in [0.5, 0.6) is 0 Å². The van der Waals surface area contributed by atoms with Crippen LogP contribution in [-0.2, 0) is 0 Å². The minimum atomic E-state index is -0.0398. The number of rotatable bonds is 6. The fourth-order valence-corrected chi connectivity index (χ4v) is 1.39. The number of hydrogen-bond donors (Lipinski definition) is 3. The maximum absolute atomic E-state index is 5.58. The molecule has 5 nitrogen and oxygen atoms in total. The first-order chi connectivity index (χ1) is 7.10. The second kappa shape index (κ2) is 10.5. The Hall–Kier alpha value is -0.970. The molecule has 1 atom stereocenters. The molecule has 0 radical (unpaired) electrons. The molecule has 0 heterocycles. The van der Waals surface area contributed by atoms with Crippen LogP contribution >= 0.6 is 12.4 Å². The predicted molar refractivity (Wildman–Crippen MR) is 72.9 cm³/mol. The molecule has 0 aliphatic heterocycles. The first-order valence-electron chi connectivity index (χ1n) is 5.53. The van der Waals surface area contributed by atoms with E-state index >= 15 is 0 Å². The summed E-state index contributed by atoms with van der Waals surface area (Å²) in [5, 5.41) is 0. The molecule has 0 aromatic heterocycles. The molecule has 1 unspecified atom stereocenters. The number of nitrogens with zero attached hydrogens (tertiary/aromatic N) is 2. The third kappa shape index (κ3) is 9.58. The van der Waals surface area contributed by atoms with E-state index in [0.717, 1.165) is 32.1 Å². The molecular weight excluding hydrogens is 226 g/mol. The van der Waals surface area contributed by atoms with Crippen LogP contribution in [0.2, 0.25) is 0 Å². The Labute approximate surface area is 104 Å². The second-order valence-electron chi connectivity index (χ2n) is 3.61. The molecule has 0 bridgehead atoms. The average molecular weight is 250 g/mol. The Balaban J connectivity index is 0. The monoisotopic (exact) mass is 249 g/mol. The van der Waals surface area contributed by atoms with Crippen molar-refractivity contribution in [2.75, 3.05) is 0 Å². The first-order valence-corrected chi connectivity index (χ1v) is 5.53. The smallest absolute Gasteiger partial charge is 0.218 e. The van der Waals surface area contributed by atoms with Gasteiger partial charge in [-0.3, -0.25) is 0 Å². The van der Waals surface area contributed by atoms with Crippen LogP contribution in [0.4, 0.5) is 0 Å². The Morgan fingerprint density at radius 3 is 2.12 bits per heavy atom. The van der Waals surface area contributed by atoms with Gasteiger partial charge >= 0.3 is 0 Å². The highest BCUT2D eigenvalue weighted by Gasteiger charge is 2.05. The van der Waals surface area contributed by atoms with E-state index in [1.54, 1.807) is 0 Å². The molecule has 0 aromatic rings. The van der Waals surface area contributed by atoms with Crippen LogP contribution in [0.15, 0.2) is 9.98 Å². The highest BCUT2D eigenvalue weighted by molar-refractivity contribution is 5.92. The summed E-state index contributed by atoms with van der Waals surface area (Å²) in [4.78, 5) is 8.00. The zero-order chi connectivity index (χ0) is 11.7. The van der Waals surface area contributed by atoms with Gasteiger partial charge in [-0.05, 0) is 12.8 Å². The van der Waals surface area contributed by atoms with Gasteiger partial charge in [0.2, 0.25) is 5.96 Å². The second-order valence-corrected chi connectivity index (χ2v) is 3.61. The van der Waals surface area contributed by atoms with Gasteiger partial charge in [0.1, 0.15) is 0 Å². The van der Waals surface area contributed by atoms with Gasteiger partial charge in [-0.25, -0.2) is 4.99 Å². The van der Waals surface area contributed by atoms with Crippen molar-refractivity contribution in [3.05, 3.63) is 0 Å². The topological polar surface area (TPSA) is 103 Å². The van der Waals surface area contributed by atoms with Crippen molar-refractivity contribution in [2.45, 2.75) is 52.0 Å². The summed E-state index contributed by atoms with van der Waals surface area (Å²) in [5.41, 5.74) is 16.0. The molecule has 0 fully saturated rings.